The summed E-state index contributed by atoms with van der Waals surface area (Å²) in [5.41, 5.74) is 2.17. The Hall–Kier alpha value is -0.520. The largest absolute Gasteiger partial charge is 0.385 e. The SMILES string of the molecule is C=C=CC1(O)CCC2CCCCC2C1. The third-order valence-electron chi connectivity index (χ3n) is 4.00. The van der Waals surface area contributed by atoms with Gasteiger partial charge in [-0.05, 0) is 37.2 Å². The van der Waals surface area contributed by atoms with Gasteiger partial charge in [-0.3, -0.25) is 0 Å². The van der Waals surface area contributed by atoms with Crippen molar-refractivity contribution in [3.05, 3.63) is 18.4 Å². The van der Waals surface area contributed by atoms with Crippen LogP contribution in [0.2, 0.25) is 0 Å². The Bertz CT molecular complexity index is 252. The van der Waals surface area contributed by atoms with E-state index in [1.54, 1.807) is 6.08 Å². The fourth-order valence-corrected chi connectivity index (χ4v) is 3.25. The van der Waals surface area contributed by atoms with Crippen molar-refractivity contribution in [3.63, 3.8) is 0 Å². The number of rotatable bonds is 1. The molecule has 0 aromatic heterocycles. The quantitative estimate of drug-likeness (QED) is 0.633. The van der Waals surface area contributed by atoms with Crippen LogP contribution in [0.1, 0.15) is 44.9 Å². The van der Waals surface area contributed by atoms with Crippen LogP contribution in [0.3, 0.4) is 0 Å². The van der Waals surface area contributed by atoms with Crippen LogP contribution < -0.4 is 0 Å². The van der Waals surface area contributed by atoms with E-state index in [2.05, 4.69) is 12.3 Å². The first-order valence-electron chi connectivity index (χ1n) is 5.83. The molecule has 0 aromatic rings. The molecule has 2 aliphatic carbocycles. The zero-order chi connectivity index (χ0) is 10.0. The molecule has 0 amide bonds. The summed E-state index contributed by atoms with van der Waals surface area (Å²) in [4.78, 5) is 0. The van der Waals surface area contributed by atoms with Crippen molar-refractivity contribution in [1.82, 2.24) is 0 Å². The topological polar surface area (TPSA) is 20.2 Å². The molecule has 3 atom stereocenters. The second-order valence-corrected chi connectivity index (χ2v) is 5.00. The van der Waals surface area contributed by atoms with Crippen LogP contribution >= 0.6 is 0 Å². The van der Waals surface area contributed by atoms with Gasteiger partial charge in [0, 0.05) is 0 Å². The molecule has 2 fully saturated rings. The highest BCUT2D eigenvalue weighted by atomic mass is 16.3. The van der Waals surface area contributed by atoms with E-state index in [0.29, 0.717) is 0 Å². The number of hydrogen-bond acceptors (Lipinski definition) is 1. The van der Waals surface area contributed by atoms with Crippen molar-refractivity contribution < 1.29 is 5.11 Å². The van der Waals surface area contributed by atoms with E-state index in [0.717, 1.165) is 24.7 Å². The van der Waals surface area contributed by atoms with Gasteiger partial charge in [0.05, 0.1) is 5.60 Å². The molecule has 0 saturated heterocycles. The molecule has 0 heterocycles. The van der Waals surface area contributed by atoms with E-state index >= 15 is 0 Å². The van der Waals surface area contributed by atoms with Crippen molar-refractivity contribution in [1.29, 1.82) is 0 Å². The molecule has 3 unspecified atom stereocenters. The predicted octanol–water partition coefficient (Wildman–Crippen LogP) is 3.05. The molecule has 2 aliphatic rings. The van der Waals surface area contributed by atoms with Crippen molar-refractivity contribution in [2.24, 2.45) is 11.8 Å². The van der Waals surface area contributed by atoms with Gasteiger partial charge in [0.25, 0.3) is 0 Å². The molecule has 2 saturated carbocycles. The molecule has 1 N–H and O–H groups in total. The van der Waals surface area contributed by atoms with Crippen LogP contribution in [0.25, 0.3) is 0 Å². The van der Waals surface area contributed by atoms with Gasteiger partial charge in [0.2, 0.25) is 0 Å². The molecule has 0 bridgehead atoms. The average molecular weight is 192 g/mol. The Kier molecular flexibility index (Phi) is 2.80. The normalized spacial score (nSPS) is 42.4. The summed E-state index contributed by atoms with van der Waals surface area (Å²) in [5.74, 6) is 1.65. The minimum absolute atomic E-state index is 0.583. The van der Waals surface area contributed by atoms with E-state index in [9.17, 15) is 5.11 Å². The maximum atomic E-state index is 10.3. The first kappa shape index (κ1) is 10.0. The Morgan fingerprint density at radius 1 is 1.21 bits per heavy atom. The van der Waals surface area contributed by atoms with Gasteiger partial charge in [0.1, 0.15) is 0 Å². The highest BCUT2D eigenvalue weighted by molar-refractivity contribution is 5.03. The van der Waals surface area contributed by atoms with Gasteiger partial charge in [-0.25, -0.2) is 0 Å². The summed E-state index contributed by atoms with van der Waals surface area (Å²) in [6.07, 6.45) is 10.3. The second-order valence-electron chi connectivity index (χ2n) is 5.00. The van der Waals surface area contributed by atoms with E-state index in [1.807, 2.05) is 0 Å². The van der Waals surface area contributed by atoms with E-state index in [1.165, 1.54) is 32.1 Å². The van der Waals surface area contributed by atoms with Gasteiger partial charge < -0.3 is 5.11 Å². The fraction of sp³-hybridized carbons (Fsp3) is 0.769. The Labute approximate surface area is 86.5 Å². The summed E-state index contributed by atoms with van der Waals surface area (Å²) in [6.45, 7) is 3.56. The van der Waals surface area contributed by atoms with Gasteiger partial charge in [-0.1, -0.05) is 32.3 Å². The Morgan fingerprint density at radius 3 is 2.64 bits per heavy atom. The Morgan fingerprint density at radius 2 is 1.93 bits per heavy atom. The van der Waals surface area contributed by atoms with E-state index in [-0.39, 0.29) is 0 Å². The summed E-state index contributed by atoms with van der Waals surface area (Å²) in [7, 11) is 0. The molecule has 0 radical (unpaired) electrons. The van der Waals surface area contributed by atoms with Crippen LogP contribution in [-0.4, -0.2) is 10.7 Å². The fourth-order valence-electron chi connectivity index (χ4n) is 3.25. The molecular formula is C13H20O. The summed E-state index contributed by atoms with van der Waals surface area (Å²) in [6, 6.07) is 0. The zero-order valence-corrected chi connectivity index (χ0v) is 8.84. The maximum Gasteiger partial charge on any atom is 0.0903 e. The van der Waals surface area contributed by atoms with E-state index < -0.39 is 5.60 Å². The van der Waals surface area contributed by atoms with Gasteiger partial charge in [-0.2, -0.15) is 0 Å². The van der Waals surface area contributed by atoms with Crippen LogP contribution in [0.4, 0.5) is 0 Å². The smallest absolute Gasteiger partial charge is 0.0903 e. The third-order valence-corrected chi connectivity index (χ3v) is 4.00. The maximum absolute atomic E-state index is 10.3. The summed E-state index contributed by atoms with van der Waals surface area (Å²) in [5, 5.41) is 10.3. The van der Waals surface area contributed by atoms with Crippen LogP contribution in [-0.2, 0) is 0 Å². The zero-order valence-electron chi connectivity index (χ0n) is 8.84. The van der Waals surface area contributed by atoms with Crippen molar-refractivity contribution in [2.45, 2.75) is 50.5 Å². The predicted molar refractivity (Wildman–Crippen MR) is 58.0 cm³/mol. The minimum atomic E-state index is -0.583. The molecule has 14 heavy (non-hydrogen) atoms. The Balaban J connectivity index is 2.05. The highest BCUT2D eigenvalue weighted by Gasteiger charge is 2.38. The molecule has 0 aliphatic heterocycles. The highest BCUT2D eigenvalue weighted by Crippen LogP contribution is 2.44. The molecular weight excluding hydrogens is 172 g/mol. The lowest BCUT2D eigenvalue weighted by molar-refractivity contribution is -0.00816. The molecule has 0 aromatic carbocycles. The first-order chi connectivity index (χ1) is 6.73. The average Bonchev–Trinajstić information content (AvgIpc) is 2.17. The molecule has 1 nitrogen and oxygen atoms in total. The lowest BCUT2D eigenvalue weighted by Crippen LogP contribution is -2.38. The van der Waals surface area contributed by atoms with Gasteiger partial charge >= 0.3 is 0 Å². The number of fused-ring (bicyclic) bond motifs is 1. The molecule has 78 valence electrons. The van der Waals surface area contributed by atoms with Crippen molar-refractivity contribution in [3.8, 4) is 0 Å². The lowest BCUT2D eigenvalue weighted by atomic mass is 9.66. The first-order valence-corrected chi connectivity index (χ1v) is 5.83. The minimum Gasteiger partial charge on any atom is -0.385 e. The number of hydrogen-bond donors (Lipinski definition) is 1. The summed E-state index contributed by atoms with van der Waals surface area (Å²) < 4.78 is 0. The third kappa shape index (κ3) is 1.94. The molecule has 1 heteroatoms. The summed E-state index contributed by atoms with van der Waals surface area (Å²) >= 11 is 0. The lowest BCUT2D eigenvalue weighted by Gasteiger charge is -2.42. The standard InChI is InChI=1S/C13H20O/c1-2-8-13(14)9-7-11-5-3-4-6-12(11)10-13/h8,11-12,14H,1,3-7,9-10H2. The van der Waals surface area contributed by atoms with Crippen LogP contribution in [0, 0.1) is 11.8 Å². The van der Waals surface area contributed by atoms with Gasteiger partial charge in [-0.15, -0.1) is 5.73 Å². The van der Waals surface area contributed by atoms with Crippen LogP contribution in [0.15, 0.2) is 18.4 Å². The van der Waals surface area contributed by atoms with Crippen LogP contribution in [0.5, 0.6) is 0 Å². The monoisotopic (exact) mass is 192 g/mol. The second kappa shape index (κ2) is 3.92. The van der Waals surface area contributed by atoms with E-state index in [4.69, 9.17) is 0 Å². The van der Waals surface area contributed by atoms with Crippen molar-refractivity contribution >= 4 is 0 Å². The van der Waals surface area contributed by atoms with Crippen molar-refractivity contribution in [2.75, 3.05) is 0 Å². The van der Waals surface area contributed by atoms with Gasteiger partial charge in [0.15, 0.2) is 0 Å². The molecule has 0 spiro atoms. The molecule has 2 rings (SSSR count). The number of aliphatic hydroxyl groups is 1.